The second kappa shape index (κ2) is 10.2. The minimum Gasteiger partial charge on any atom is -0.468 e. The van der Waals surface area contributed by atoms with Gasteiger partial charge in [0, 0.05) is 6.61 Å². The number of nitrogens with zero attached hydrogens (tertiary/aromatic N) is 1. The summed E-state index contributed by atoms with van der Waals surface area (Å²) in [6.07, 6.45) is 6.61. The Morgan fingerprint density at radius 3 is 2.81 bits per heavy atom. The second-order valence-corrected chi connectivity index (χ2v) is 8.17. The molecule has 1 aliphatic carbocycles. The molecule has 3 rings (SSSR count). The van der Waals surface area contributed by atoms with Crippen LogP contribution in [-0.4, -0.2) is 31.3 Å². The highest BCUT2D eigenvalue weighted by Gasteiger charge is 2.22. The molecule has 0 aliphatic heterocycles. The maximum atomic E-state index is 6.00. The number of ether oxygens (including phenoxy) is 2. The lowest BCUT2D eigenvalue weighted by Crippen LogP contribution is -2.13. The number of rotatable bonds is 11. The summed E-state index contributed by atoms with van der Waals surface area (Å²) < 4.78 is 11.4. The largest absolute Gasteiger partial charge is 0.468 e. The van der Waals surface area contributed by atoms with Crippen molar-refractivity contribution in [2.75, 3.05) is 26.4 Å². The molecule has 0 bridgehead atoms. The molecule has 0 spiro atoms. The van der Waals surface area contributed by atoms with Crippen molar-refractivity contribution in [2.24, 2.45) is 5.73 Å². The minimum atomic E-state index is 0.467. The van der Waals surface area contributed by atoms with Crippen LogP contribution >= 0.6 is 11.3 Å². The number of benzene rings is 1. The summed E-state index contributed by atoms with van der Waals surface area (Å²) in [5.41, 5.74) is 11.3. The molecule has 2 N–H and O–H groups in total. The van der Waals surface area contributed by atoms with Gasteiger partial charge in [0.15, 0.2) is 0 Å². The van der Waals surface area contributed by atoms with Crippen LogP contribution in [0.2, 0.25) is 0 Å². The highest BCUT2D eigenvalue weighted by atomic mass is 32.1. The van der Waals surface area contributed by atoms with Gasteiger partial charge in [-0.1, -0.05) is 56.2 Å². The van der Waals surface area contributed by atoms with Crippen LogP contribution in [0.1, 0.15) is 62.3 Å². The Kier molecular flexibility index (Phi) is 7.68. The summed E-state index contributed by atoms with van der Waals surface area (Å²) in [5, 5.41) is 0.766. The van der Waals surface area contributed by atoms with E-state index >= 15 is 0 Å². The molecule has 0 saturated heterocycles. The number of nitrogens with two attached hydrogens (primary N) is 1. The molecule has 5 heteroatoms. The summed E-state index contributed by atoms with van der Waals surface area (Å²) in [6.45, 7) is 7.11. The van der Waals surface area contributed by atoms with Crippen LogP contribution in [0.3, 0.4) is 0 Å². The second-order valence-electron chi connectivity index (χ2n) is 7.21. The Morgan fingerprint density at radius 1 is 1.15 bits per heavy atom. The number of fused-ring (bicyclic) bond motifs is 3. The summed E-state index contributed by atoms with van der Waals surface area (Å²) in [5.74, 6) is 0.467. The Hall–Kier alpha value is -1.43. The molecule has 1 aliphatic rings. The van der Waals surface area contributed by atoms with Crippen molar-refractivity contribution in [3.63, 3.8) is 0 Å². The van der Waals surface area contributed by atoms with E-state index < -0.39 is 0 Å². The van der Waals surface area contributed by atoms with Crippen molar-refractivity contribution in [1.82, 2.24) is 4.98 Å². The lowest BCUT2D eigenvalue weighted by molar-refractivity contribution is 0.0979. The quantitative estimate of drug-likeness (QED) is 0.554. The van der Waals surface area contributed by atoms with Gasteiger partial charge in [0.25, 0.3) is 5.19 Å². The predicted octanol–water partition coefficient (Wildman–Crippen LogP) is 4.95. The van der Waals surface area contributed by atoms with Gasteiger partial charge in [0.2, 0.25) is 0 Å². The molecule has 0 radical (unpaired) electrons. The molecule has 27 heavy (non-hydrogen) atoms. The van der Waals surface area contributed by atoms with Crippen molar-refractivity contribution < 1.29 is 9.47 Å². The third kappa shape index (κ3) is 5.09. The molecule has 1 unspecified atom stereocenters. The minimum absolute atomic E-state index is 0.467. The zero-order valence-corrected chi connectivity index (χ0v) is 17.4. The molecule has 1 atom stereocenters. The summed E-state index contributed by atoms with van der Waals surface area (Å²) in [7, 11) is 0. The standard InChI is InChI=1S/C22H32N2O2S/c1-3-5-11-25-12-13-26-22-24-20-10-8-17-14-16(18(15-23)6-4-2)7-9-19(17)21(20)27-22/h7,9,14,18H,3-6,8,10-13,15,23H2,1-2H3. The average Bonchev–Trinajstić information content (AvgIpc) is 3.11. The van der Waals surface area contributed by atoms with Gasteiger partial charge >= 0.3 is 0 Å². The van der Waals surface area contributed by atoms with E-state index in [0.717, 1.165) is 50.4 Å². The third-order valence-electron chi connectivity index (χ3n) is 5.17. The van der Waals surface area contributed by atoms with E-state index in [1.165, 1.54) is 33.7 Å². The van der Waals surface area contributed by atoms with Crippen molar-refractivity contribution in [1.29, 1.82) is 0 Å². The van der Waals surface area contributed by atoms with Gasteiger partial charge in [-0.2, -0.15) is 0 Å². The van der Waals surface area contributed by atoms with Gasteiger partial charge in [-0.05, 0) is 54.8 Å². The van der Waals surface area contributed by atoms with Gasteiger partial charge < -0.3 is 15.2 Å². The van der Waals surface area contributed by atoms with Crippen molar-refractivity contribution in [3.8, 4) is 15.6 Å². The first-order valence-electron chi connectivity index (χ1n) is 10.3. The first-order valence-corrected chi connectivity index (χ1v) is 11.1. The molecule has 1 heterocycles. The molecule has 1 aromatic carbocycles. The van der Waals surface area contributed by atoms with Gasteiger partial charge in [-0.15, -0.1) is 0 Å². The van der Waals surface area contributed by atoms with E-state index in [1.54, 1.807) is 11.3 Å². The summed E-state index contributed by atoms with van der Waals surface area (Å²) in [6, 6.07) is 6.88. The Bertz CT molecular complexity index is 729. The van der Waals surface area contributed by atoms with E-state index in [-0.39, 0.29) is 0 Å². The van der Waals surface area contributed by atoms with Gasteiger partial charge in [0.1, 0.15) is 6.61 Å². The van der Waals surface area contributed by atoms with E-state index in [0.29, 0.717) is 19.1 Å². The van der Waals surface area contributed by atoms with E-state index in [4.69, 9.17) is 20.2 Å². The smallest absolute Gasteiger partial charge is 0.274 e. The predicted molar refractivity (Wildman–Crippen MR) is 113 cm³/mol. The fourth-order valence-electron chi connectivity index (χ4n) is 3.63. The fourth-order valence-corrected chi connectivity index (χ4v) is 4.67. The van der Waals surface area contributed by atoms with Crippen molar-refractivity contribution in [2.45, 2.75) is 58.3 Å². The molecule has 0 fully saturated rings. The van der Waals surface area contributed by atoms with Crippen LogP contribution in [0.5, 0.6) is 5.19 Å². The lowest BCUT2D eigenvalue weighted by Gasteiger charge is -2.20. The Balaban J connectivity index is 1.66. The zero-order valence-electron chi connectivity index (χ0n) is 16.6. The van der Waals surface area contributed by atoms with E-state index in [9.17, 15) is 0 Å². The van der Waals surface area contributed by atoms with Crippen LogP contribution < -0.4 is 10.5 Å². The van der Waals surface area contributed by atoms with E-state index in [2.05, 4.69) is 32.0 Å². The maximum absolute atomic E-state index is 6.00. The summed E-state index contributed by atoms with van der Waals surface area (Å²) >= 11 is 1.66. The molecule has 148 valence electrons. The van der Waals surface area contributed by atoms with Gasteiger partial charge in [0.05, 0.1) is 17.2 Å². The highest BCUT2D eigenvalue weighted by Crippen LogP contribution is 2.41. The molecular weight excluding hydrogens is 356 g/mol. The monoisotopic (exact) mass is 388 g/mol. The molecule has 2 aromatic rings. The first-order chi connectivity index (χ1) is 13.3. The zero-order chi connectivity index (χ0) is 19.1. The third-order valence-corrected chi connectivity index (χ3v) is 6.21. The number of unbranched alkanes of at least 4 members (excludes halogenated alkanes) is 1. The number of aromatic nitrogens is 1. The van der Waals surface area contributed by atoms with Crippen LogP contribution in [0.4, 0.5) is 0 Å². The van der Waals surface area contributed by atoms with E-state index in [1.807, 2.05) is 0 Å². The highest BCUT2D eigenvalue weighted by molar-refractivity contribution is 7.17. The van der Waals surface area contributed by atoms with Crippen LogP contribution in [0.15, 0.2) is 18.2 Å². The average molecular weight is 389 g/mol. The topological polar surface area (TPSA) is 57.4 Å². The number of hydrogen-bond acceptors (Lipinski definition) is 5. The lowest BCUT2D eigenvalue weighted by atomic mass is 9.87. The van der Waals surface area contributed by atoms with Crippen LogP contribution in [-0.2, 0) is 17.6 Å². The van der Waals surface area contributed by atoms with Crippen LogP contribution in [0, 0.1) is 0 Å². The maximum Gasteiger partial charge on any atom is 0.274 e. The Labute approximate surface area is 167 Å². The number of hydrogen-bond donors (Lipinski definition) is 1. The van der Waals surface area contributed by atoms with Crippen molar-refractivity contribution >= 4 is 11.3 Å². The number of aryl methyl sites for hydroxylation is 2. The summed E-state index contributed by atoms with van der Waals surface area (Å²) in [4.78, 5) is 5.98. The molecule has 1 aromatic heterocycles. The SMILES string of the molecule is CCCCOCCOc1nc2c(s1)-c1ccc(C(CN)CCC)cc1CC2. The van der Waals surface area contributed by atoms with Crippen molar-refractivity contribution in [3.05, 3.63) is 35.0 Å². The molecule has 0 amide bonds. The molecule has 4 nitrogen and oxygen atoms in total. The molecular formula is C22H32N2O2S. The Morgan fingerprint density at radius 2 is 2.04 bits per heavy atom. The normalized spacial score (nSPS) is 13.9. The fraction of sp³-hybridized carbons (Fsp3) is 0.591. The van der Waals surface area contributed by atoms with Gasteiger partial charge in [-0.25, -0.2) is 4.98 Å². The molecule has 0 saturated carbocycles. The van der Waals surface area contributed by atoms with Gasteiger partial charge in [-0.3, -0.25) is 0 Å². The van der Waals surface area contributed by atoms with Crippen LogP contribution in [0.25, 0.3) is 10.4 Å². The number of thiazole rings is 1. The first kappa shape index (κ1) is 20.3.